The van der Waals surface area contributed by atoms with Crippen molar-refractivity contribution in [1.82, 2.24) is 9.55 Å². The molecule has 0 radical (unpaired) electrons. The average Bonchev–Trinajstić information content (AvgIpc) is 2.71. The molecule has 0 spiro atoms. The van der Waals surface area contributed by atoms with Gasteiger partial charge >= 0.3 is 0 Å². The van der Waals surface area contributed by atoms with E-state index >= 15 is 0 Å². The Balaban J connectivity index is 2.53. The SMILES string of the molecule is N#Cc1cccn1-c1ncc(N)s1. The Kier molecular flexibility index (Phi) is 1.76. The number of nitriles is 1. The topological polar surface area (TPSA) is 67.6 Å². The first-order valence-electron chi connectivity index (χ1n) is 3.60. The smallest absolute Gasteiger partial charge is 0.196 e. The van der Waals surface area contributed by atoms with E-state index in [2.05, 4.69) is 11.1 Å². The van der Waals surface area contributed by atoms with Crippen molar-refractivity contribution in [3.63, 3.8) is 0 Å². The summed E-state index contributed by atoms with van der Waals surface area (Å²) in [5.74, 6) is 0. The fraction of sp³-hybridized carbons (Fsp3) is 0. The molecule has 0 bridgehead atoms. The average molecular weight is 190 g/mol. The van der Waals surface area contributed by atoms with Gasteiger partial charge < -0.3 is 5.73 Å². The molecule has 2 N–H and O–H groups in total. The molecule has 4 nitrogen and oxygen atoms in total. The molecular weight excluding hydrogens is 184 g/mol. The highest BCUT2D eigenvalue weighted by molar-refractivity contribution is 7.17. The van der Waals surface area contributed by atoms with Crippen molar-refractivity contribution < 1.29 is 0 Å². The number of anilines is 1. The molecule has 0 aliphatic rings. The van der Waals surface area contributed by atoms with Crippen LogP contribution in [-0.2, 0) is 0 Å². The summed E-state index contributed by atoms with van der Waals surface area (Å²) in [6.07, 6.45) is 3.37. The molecule has 0 atom stereocenters. The zero-order chi connectivity index (χ0) is 9.26. The summed E-state index contributed by atoms with van der Waals surface area (Å²) in [6, 6.07) is 5.61. The third-order valence-electron chi connectivity index (χ3n) is 1.58. The summed E-state index contributed by atoms with van der Waals surface area (Å²) < 4.78 is 1.71. The van der Waals surface area contributed by atoms with Crippen molar-refractivity contribution in [2.75, 3.05) is 5.73 Å². The Morgan fingerprint density at radius 1 is 1.62 bits per heavy atom. The van der Waals surface area contributed by atoms with Crippen LogP contribution in [0.2, 0.25) is 0 Å². The van der Waals surface area contributed by atoms with Crippen LogP contribution >= 0.6 is 11.3 Å². The standard InChI is InChI=1S/C8H6N4S/c9-4-6-2-1-3-12(6)8-11-5-7(10)13-8/h1-3,5H,10H2. The summed E-state index contributed by atoms with van der Waals surface area (Å²) in [4.78, 5) is 4.07. The fourth-order valence-corrected chi connectivity index (χ4v) is 1.71. The lowest BCUT2D eigenvalue weighted by molar-refractivity contribution is 1.03. The first kappa shape index (κ1) is 7.83. The summed E-state index contributed by atoms with van der Waals surface area (Å²) in [6.45, 7) is 0. The van der Waals surface area contributed by atoms with Crippen LogP contribution in [0.5, 0.6) is 0 Å². The first-order chi connectivity index (χ1) is 6.31. The molecule has 64 valence electrons. The third-order valence-corrected chi connectivity index (χ3v) is 2.41. The number of rotatable bonds is 1. The third kappa shape index (κ3) is 1.27. The van der Waals surface area contributed by atoms with Gasteiger partial charge in [0.2, 0.25) is 0 Å². The minimum absolute atomic E-state index is 0.564. The van der Waals surface area contributed by atoms with Crippen molar-refractivity contribution in [2.24, 2.45) is 0 Å². The minimum atomic E-state index is 0.564. The molecule has 0 saturated carbocycles. The van der Waals surface area contributed by atoms with E-state index in [1.54, 1.807) is 29.1 Å². The highest BCUT2D eigenvalue weighted by Gasteiger charge is 2.05. The molecule has 0 fully saturated rings. The van der Waals surface area contributed by atoms with Gasteiger partial charge in [0.15, 0.2) is 5.13 Å². The molecule has 5 heteroatoms. The quantitative estimate of drug-likeness (QED) is 0.738. The minimum Gasteiger partial charge on any atom is -0.389 e. The molecule has 0 aliphatic carbocycles. The van der Waals surface area contributed by atoms with E-state index < -0.39 is 0 Å². The van der Waals surface area contributed by atoms with Gasteiger partial charge in [-0.05, 0) is 12.1 Å². The lowest BCUT2D eigenvalue weighted by atomic mass is 10.5. The maximum atomic E-state index is 8.75. The van der Waals surface area contributed by atoms with Crippen LogP contribution in [0.1, 0.15) is 5.69 Å². The molecule has 0 aliphatic heterocycles. The Labute approximate surface area is 78.9 Å². The molecule has 0 saturated heterocycles. The van der Waals surface area contributed by atoms with Gasteiger partial charge in [-0.2, -0.15) is 5.26 Å². The van der Waals surface area contributed by atoms with Crippen LogP contribution in [0.15, 0.2) is 24.5 Å². The van der Waals surface area contributed by atoms with Gasteiger partial charge in [0.25, 0.3) is 0 Å². The van der Waals surface area contributed by atoms with E-state index in [1.807, 2.05) is 0 Å². The zero-order valence-electron chi connectivity index (χ0n) is 6.64. The van der Waals surface area contributed by atoms with Crippen LogP contribution in [0.25, 0.3) is 5.13 Å². The van der Waals surface area contributed by atoms with Crippen LogP contribution in [0.3, 0.4) is 0 Å². The molecule has 2 heterocycles. The first-order valence-corrected chi connectivity index (χ1v) is 4.42. The number of nitrogens with zero attached hydrogens (tertiary/aromatic N) is 3. The van der Waals surface area contributed by atoms with Crippen LogP contribution < -0.4 is 5.73 Å². The highest BCUT2D eigenvalue weighted by atomic mass is 32.1. The Morgan fingerprint density at radius 2 is 2.46 bits per heavy atom. The van der Waals surface area contributed by atoms with Crippen molar-refractivity contribution >= 4 is 16.3 Å². The van der Waals surface area contributed by atoms with Gasteiger partial charge in [0.1, 0.15) is 16.8 Å². The van der Waals surface area contributed by atoms with Crippen LogP contribution in [0, 0.1) is 11.3 Å². The van der Waals surface area contributed by atoms with Crippen molar-refractivity contribution in [3.8, 4) is 11.2 Å². The van der Waals surface area contributed by atoms with E-state index in [0.29, 0.717) is 10.7 Å². The largest absolute Gasteiger partial charge is 0.389 e. The van der Waals surface area contributed by atoms with E-state index in [4.69, 9.17) is 11.0 Å². The lowest BCUT2D eigenvalue weighted by Gasteiger charge is -1.96. The maximum Gasteiger partial charge on any atom is 0.196 e. The van der Waals surface area contributed by atoms with E-state index in [0.717, 1.165) is 5.13 Å². The Morgan fingerprint density at radius 3 is 3.08 bits per heavy atom. The fourth-order valence-electron chi connectivity index (χ4n) is 1.03. The lowest BCUT2D eigenvalue weighted by Crippen LogP contribution is -1.93. The summed E-state index contributed by atoms with van der Waals surface area (Å²) in [5.41, 5.74) is 6.10. The normalized spacial score (nSPS) is 9.77. The molecule has 0 unspecified atom stereocenters. The van der Waals surface area contributed by atoms with Crippen LogP contribution in [0.4, 0.5) is 5.00 Å². The number of aromatic nitrogens is 2. The number of hydrogen-bond acceptors (Lipinski definition) is 4. The van der Waals surface area contributed by atoms with Gasteiger partial charge in [0.05, 0.1) is 6.20 Å². The molecule has 2 aromatic rings. The summed E-state index contributed by atoms with van der Waals surface area (Å²) in [5, 5.41) is 10.1. The highest BCUT2D eigenvalue weighted by Crippen LogP contribution is 2.20. The zero-order valence-corrected chi connectivity index (χ0v) is 7.45. The maximum absolute atomic E-state index is 8.75. The second kappa shape index (κ2) is 2.92. The van der Waals surface area contributed by atoms with Gasteiger partial charge in [-0.1, -0.05) is 11.3 Å². The monoisotopic (exact) mass is 190 g/mol. The van der Waals surface area contributed by atoms with Crippen molar-refractivity contribution in [2.45, 2.75) is 0 Å². The van der Waals surface area contributed by atoms with Gasteiger partial charge in [-0.25, -0.2) is 4.98 Å². The van der Waals surface area contributed by atoms with Gasteiger partial charge in [-0.3, -0.25) is 4.57 Å². The number of nitrogen functional groups attached to an aromatic ring is 1. The molecule has 2 aromatic heterocycles. The molecular formula is C8H6N4S. The predicted molar refractivity (Wildman–Crippen MR) is 50.6 cm³/mol. The number of nitrogens with two attached hydrogens (primary N) is 1. The van der Waals surface area contributed by atoms with Gasteiger partial charge in [-0.15, -0.1) is 0 Å². The van der Waals surface area contributed by atoms with Crippen molar-refractivity contribution in [1.29, 1.82) is 5.26 Å². The second-order valence-corrected chi connectivity index (χ2v) is 3.46. The van der Waals surface area contributed by atoms with E-state index in [9.17, 15) is 0 Å². The van der Waals surface area contributed by atoms with Gasteiger partial charge in [0, 0.05) is 6.20 Å². The second-order valence-electron chi connectivity index (χ2n) is 2.42. The van der Waals surface area contributed by atoms with Crippen molar-refractivity contribution in [3.05, 3.63) is 30.2 Å². The number of hydrogen-bond donors (Lipinski definition) is 1. The van der Waals surface area contributed by atoms with E-state index in [1.165, 1.54) is 11.3 Å². The molecule has 0 aromatic carbocycles. The Bertz CT molecular complexity index is 462. The molecule has 0 amide bonds. The predicted octanol–water partition coefficient (Wildman–Crippen LogP) is 1.39. The molecule has 2 rings (SSSR count). The van der Waals surface area contributed by atoms with Crippen LogP contribution in [-0.4, -0.2) is 9.55 Å². The van der Waals surface area contributed by atoms with E-state index in [-0.39, 0.29) is 0 Å². The summed E-state index contributed by atoms with van der Waals surface area (Å²) >= 11 is 1.35. The number of thiazole rings is 1. The summed E-state index contributed by atoms with van der Waals surface area (Å²) in [7, 11) is 0. The Hall–Kier alpha value is -1.80. The molecule has 13 heavy (non-hydrogen) atoms.